The quantitative estimate of drug-likeness (QED) is 0.414. The fraction of sp³-hybridized carbons (Fsp3) is 0.531. The summed E-state index contributed by atoms with van der Waals surface area (Å²) in [5.41, 5.74) is 4.32. The maximum Gasteiger partial charge on any atom is 0.256 e. The molecule has 2 aliphatic rings. The van der Waals surface area contributed by atoms with Crippen LogP contribution in [0.4, 0.5) is 4.39 Å². The lowest BCUT2D eigenvalue weighted by Gasteiger charge is -2.33. The molecule has 4 heterocycles. The number of likely N-dealkylation sites (tertiary alicyclic amines) is 2. The number of carbonyl (C=O) groups excluding carboxylic acids is 2. The molecule has 2 amide bonds. The molecule has 0 aliphatic carbocycles. The first-order chi connectivity index (χ1) is 19.1. The molecule has 2 aliphatic heterocycles. The van der Waals surface area contributed by atoms with Gasteiger partial charge in [-0.25, -0.2) is 4.39 Å². The van der Waals surface area contributed by atoms with Crippen molar-refractivity contribution in [2.45, 2.75) is 59.4 Å². The Morgan fingerprint density at radius 1 is 1.10 bits per heavy atom. The molecule has 2 saturated heterocycles. The van der Waals surface area contributed by atoms with Crippen molar-refractivity contribution in [1.29, 1.82) is 0 Å². The number of carbonyl (C=O) groups is 2. The third-order valence-corrected chi connectivity index (χ3v) is 8.99. The Balaban J connectivity index is 1.36. The Bertz CT molecular complexity index is 1390. The number of hydrogen-bond acceptors (Lipinski definition) is 4. The molecule has 214 valence electrons. The van der Waals surface area contributed by atoms with Gasteiger partial charge in [0.25, 0.3) is 5.91 Å². The van der Waals surface area contributed by atoms with Gasteiger partial charge in [0.15, 0.2) is 0 Å². The molecule has 3 aromatic rings. The highest BCUT2D eigenvalue weighted by molar-refractivity contribution is 5.99. The number of fused-ring (bicyclic) bond motifs is 1. The van der Waals surface area contributed by atoms with Crippen LogP contribution in [0.5, 0.6) is 0 Å². The van der Waals surface area contributed by atoms with Crippen LogP contribution in [0.15, 0.2) is 36.8 Å². The number of hydrogen-bond donors (Lipinski definition) is 0. The van der Waals surface area contributed by atoms with Gasteiger partial charge in [-0.15, -0.1) is 0 Å². The number of rotatable bonds is 7. The monoisotopic (exact) mass is 547 g/mol. The Hall–Kier alpha value is -3.26. The number of piperidine rings is 1. The molecule has 40 heavy (non-hydrogen) atoms. The van der Waals surface area contributed by atoms with Gasteiger partial charge in [-0.3, -0.25) is 14.6 Å². The zero-order chi connectivity index (χ0) is 28.6. The molecule has 1 atom stereocenters. The minimum absolute atomic E-state index is 0.00268. The van der Waals surface area contributed by atoms with Crippen molar-refractivity contribution in [1.82, 2.24) is 24.3 Å². The summed E-state index contributed by atoms with van der Waals surface area (Å²) in [6.07, 6.45) is 10.2. The van der Waals surface area contributed by atoms with Crippen LogP contribution in [-0.2, 0) is 11.2 Å². The topological polar surface area (TPSA) is 61.7 Å². The lowest BCUT2D eigenvalue weighted by molar-refractivity contribution is -0.127. The predicted molar refractivity (Wildman–Crippen MR) is 156 cm³/mol. The SMILES string of the molecule is CC(=O)N1CC[C@H](CN2CCC(Cc3cn(-c4ccc(F)cc4C(=O)N(C)C(C)C)c4cncc(C)c34)CC2)C1. The molecular weight excluding hydrogens is 505 g/mol. The molecule has 1 aromatic carbocycles. The van der Waals surface area contributed by atoms with Crippen molar-refractivity contribution < 1.29 is 14.0 Å². The molecule has 8 heteroatoms. The minimum atomic E-state index is -0.423. The predicted octanol–water partition coefficient (Wildman–Crippen LogP) is 5.08. The van der Waals surface area contributed by atoms with E-state index in [1.807, 2.05) is 35.7 Å². The molecule has 7 nitrogen and oxygen atoms in total. The van der Waals surface area contributed by atoms with E-state index in [4.69, 9.17) is 0 Å². The van der Waals surface area contributed by atoms with Crippen LogP contribution in [0.1, 0.15) is 61.5 Å². The van der Waals surface area contributed by atoms with Crippen molar-refractivity contribution in [2.24, 2.45) is 11.8 Å². The average Bonchev–Trinajstić information content (AvgIpc) is 3.54. The van der Waals surface area contributed by atoms with Gasteiger partial charge in [-0.1, -0.05) is 0 Å². The molecule has 0 N–H and O–H groups in total. The number of nitrogens with zero attached hydrogens (tertiary/aromatic N) is 5. The van der Waals surface area contributed by atoms with Crippen LogP contribution in [0.3, 0.4) is 0 Å². The summed E-state index contributed by atoms with van der Waals surface area (Å²) >= 11 is 0. The second-order valence-electron chi connectivity index (χ2n) is 12.1. The van der Waals surface area contributed by atoms with E-state index < -0.39 is 5.82 Å². The molecule has 0 unspecified atom stereocenters. The first kappa shape index (κ1) is 28.3. The normalized spacial score (nSPS) is 18.7. The number of benzene rings is 1. The van der Waals surface area contributed by atoms with E-state index in [0.717, 1.165) is 69.5 Å². The summed E-state index contributed by atoms with van der Waals surface area (Å²) in [5, 5.41) is 1.17. The molecule has 0 radical (unpaired) electrons. The van der Waals surface area contributed by atoms with Gasteiger partial charge in [0.2, 0.25) is 5.91 Å². The third-order valence-electron chi connectivity index (χ3n) is 8.99. The number of aromatic nitrogens is 2. The summed E-state index contributed by atoms with van der Waals surface area (Å²) in [7, 11) is 1.75. The van der Waals surface area contributed by atoms with Crippen LogP contribution in [-0.4, -0.2) is 81.9 Å². The van der Waals surface area contributed by atoms with Crippen LogP contribution in [0.2, 0.25) is 0 Å². The van der Waals surface area contributed by atoms with Crippen LogP contribution in [0.25, 0.3) is 16.6 Å². The fourth-order valence-corrected chi connectivity index (χ4v) is 6.43. The largest absolute Gasteiger partial charge is 0.343 e. The molecule has 5 rings (SSSR count). The van der Waals surface area contributed by atoms with E-state index in [-0.39, 0.29) is 17.9 Å². The summed E-state index contributed by atoms with van der Waals surface area (Å²) < 4.78 is 16.4. The third kappa shape index (κ3) is 5.78. The fourth-order valence-electron chi connectivity index (χ4n) is 6.43. The average molecular weight is 548 g/mol. The second kappa shape index (κ2) is 11.7. The smallest absolute Gasteiger partial charge is 0.256 e. The van der Waals surface area contributed by atoms with Gasteiger partial charge in [0.1, 0.15) is 5.82 Å². The van der Waals surface area contributed by atoms with Crippen molar-refractivity contribution in [3.63, 3.8) is 0 Å². The zero-order valence-corrected chi connectivity index (χ0v) is 24.5. The molecular formula is C32H42FN5O2. The van der Waals surface area contributed by atoms with Gasteiger partial charge in [0.05, 0.1) is 23.0 Å². The van der Waals surface area contributed by atoms with Crippen molar-refractivity contribution in [3.05, 3.63) is 59.3 Å². The van der Waals surface area contributed by atoms with Gasteiger partial charge < -0.3 is 19.3 Å². The Morgan fingerprint density at radius 3 is 2.50 bits per heavy atom. The molecule has 0 spiro atoms. The second-order valence-corrected chi connectivity index (χ2v) is 12.1. The van der Waals surface area contributed by atoms with E-state index in [1.54, 1.807) is 24.9 Å². The lowest BCUT2D eigenvalue weighted by atomic mass is 9.89. The summed E-state index contributed by atoms with van der Waals surface area (Å²) in [5.74, 6) is 0.718. The van der Waals surface area contributed by atoms with Gasteiger partial charge in [-0.05, 0) is 101 Å². The van der Waals surface area contributed by atoms with Gasteiger partial charge in [0, 0.05) is 57.4 Å². The van der Waals surface area contributed by atoms with Crippen LogP contribution in [0, 0.1) is 24.6 Å². The van der Waals surface area contributed by atoms with Crippen molar-refractivity contribution in [3.8, 4) is 5.69 Å². The Labute approximate surface area is 236 Å². The maximum absolute atomic E-state index is 14.4. The maximum atomic E-state index is 14.4. The first-order valence-corrected chi connectivity index (χ1v) is 14.6. The van der Waals surface area contributed by atoms with Crippen LogP contribution >= 0.6 is 0 Å². The van der Waals surface area contributed by atoms with Crippen molar-refractivity contribution >= 4 is 22.7 Å². The molecule has 2 aromatic heterocycles. The Kier molecular flexibility index (Phi) is 8.26. The number of halogens is 1. The molecule has 0 saturated carbocycles. The van der Waals surface area contributed by atoms with E-state index in [9.17, 15) is 14.0 Å². The molecule has 0 bridgehead atoms. The standard InChI is InChI=1S/C32H42FN5O2/c1-21(2)35(5)32(40)28-15-27(33)6-7-29(28)38-20-26(31-22(3)16-34-17-30(31)38)14-24-8-11-36(12-9-24)18-25-10-13-37(19-25)23(4)39/h6-7,15-17,20-21,24-25H,8-14,18-19H2,1-5H3/t25-/m1/s1. The summed E-state index contributed by atoms with van der Waals surface area (Å²) in [4.78, 5) is 35.7. The number of amides is 2. The lowest BCUT2D eigenvalue weighted by Crippen LogP contribution is -2.38. The van der Waals surface area contributed by atoms with E-state index >= 15 is 0 Å². The van der Waals surface area contributed by atoms with Gasteiger partial charge in [-0.2, -0.15) is 0 Å². The van der Waals surface area contributed by atoms with Crippen molar-refractivity contribution in [2.75, 3.05) is 39.8 Å². The van der Waals surface area contributed by atoms with Gasteiger partial charge >= 0.3 is 0 Å². The highest BCUT2D eigenvalue weighted by Crippen LogP contribution is 2.33. The Morgan fingerprint density at radius 2 is 1.82 bits per heavy atom. The first-order valence-electron chi connectivity index (χ1n) is 14.6. The minimum Gasteiger partial charge on any atom is -0.343 e. The van der Waals surface area contributed by atoms with Crippen LogP contribution < -0.4 is 0 Å². The summed E-state index contributed by atoms with van der Waals surface area (Å²) in [6.45, 7) is 12.7. The van der Waals surface area contributed by atoms with E-state index in [1.165, 1.54) is 23.1 Å². The highest BCUT2D eigenvalue weighted by Gasteiger charge is 2.29. The number of pyridine rings is 1. The number of aryl methyl sites for hydroxylation is 1. The van der Waals surface area contributed by atoms with E-state index in [2.05, 4.69) is 23.0 Å². The highest BCUT2D eigenvalue weighted by atomic mass is 19.1. The summed E-state index contributed by atoms with van der Waals surface area (Å²) in [6, 6.07) is 4.47. The van der Waals surface area contributed by atoms with E-state index in [0.29, 0.717) is 23.1 Å². The molecule has 2 fully saturated rings. The zero-order valence-electron chi connectivity index (χ0n) is 24.5.